The van der Waals surface area contributed by atoms with Crippen molar-refractivity contribution in [3.63, 3.8) is 0 Å². The first-order chi connectivity index (χ1) is 10.1. The van der Waals surface area contributed by atoms with Gasteiger partial charge in [0.2, 0.25) is 0 Å². The van der Waals surface area contributed by atoms with Gasteiger partial charge in [0.05, 0.1) is 23.0 Å². The van der Waals surface area contributed by atoms with Gasteiger partial charge in [0.25, 0.3) is 0 Å². The van der Waals surface area contributed by atoms with Gasteiger partial charge in [-0.15, -0.1) is 0 Å². The molecule has 21 heavy (non-hydrogen) atoms. The predicted octanol–water partition coefficient (Wildman–Crippen LogP) is 4.76. The maximum absolute atomic E-state index is 6.31. The molecule has 0 spiro atoms. The lowest BCUT2D eigenvalue weighted by Crippen LogP contribution is -2.26. The van der Waals surface area contributed by atoms with Gasteiger partial charge >= 0.3 is 0 Å². The number of nitrogens with zero attached hydrogens (tertiary/aromatic N) is 2. The van der Waals surface area contributed by atoms with Crippen LogP contribution in [0.15, 0.2) is 24.4 Å². The van der Waals surface area contributed by atoms with Gasteiger partial charge in [0.15, 0.2) is 0 Å². The molecular weight excluding hydrogens is 329 g/mol. The first kappa shape index (κ1) is 16.6. The van der Waals surface area contributed by atoms with E-state index in [1.165, 1.54) is 0 Å². The Balaban J connectivity index is 2.38. The smallest absolute Gasteiger partial charge is 0.0834 e. The largest absolute Gasteiger partial charge is 0.309 e. The Bertz CT molecular complexity index is 590. The minimum absolute atomic E-state index is 0.0161. The molecule has 0 saturated carbocycles. The van der Waals surface area contributed by atoms with Crippen LogP contribution in [0.2, 0.25) is 15.1 Å². The highest BCUT2D eigenvalue weighted by Crippen LogP contribution is 2.31. The molecule has 1 N–H and O–H groups in total. The molecule has 1 heterocycles. The second kappa shape index (κ2) is 7.50. The van der Waals surface area contributed by atoms with Crippen molar-refractivity contribution in [2.75, 3.05) is 6.54 Å². The number of hydrogen-bond donors (Lipinski definition) is 1. The van der Waals surface area contributed by atoms with Gasteiger partial charge in [0.1, 0.15) is 0 Å². The van der Waals surface area contributed by atoms with E-state index in [1.807, 2.05) is 29.8 Å². The summed E-state index contributed by atoms with van der Waals surface area (Å²) in [6.45, 7) is 5.68. The summed E-state index contributed by atoms with van der Waals surface area (Å²) in [5, 5.41) is 9.74. The number of hydrogen-bond acceptors (Lipinski definition) is 2. The monoisotopic (exact) mass is 345 g/mol. The highest BCUT2D eigenvalue weighted by Gasteiger charge is 2.21. The number of benzene rings is 1. The highest BCUT2D eigenvalue weighted by molar-refractivity contribution is 6.36. The third-order valence-electron chi connectivity index (χ3n) is 3.38. The molecule has 114 valence electrons. The Morgan fingerprint density at radius 1 is 1.14 bits per heavy atom. The van der Waals surface area contributed by atoms with E-state index in [2.05, 4.69) is 17.3 Å². The minimum atomic E-state index is 0.0161. The maximum Gasteiger partial charge on any atom is 0.0834 e. The third kappa shape index (κ3) is 3.72. The fourth-order valence-electron chi connectivity index (χ4n) is 2.41. The van der Waals surface area contributed by atoms with Crippen LogP contribution in [0.25, 0.3) is 0 Å². The Hall–Kier alpha value is -0.740. The van der Waals surface area contributed by atoms with Gasteiger partial charge < -0.3 is 5.32 Å². The fourth-order valence-corrected chi connectivity index (χ4v) is 3.24. The molecule has 1 unspecified atom stereocenters. The zero-order chi connectivity index (χ0) is 15.4. The molecule has 0 radical (unpaired) electrons. The molecule has 6 heteroatoms. The molecule has 3 nitrogen and oxygen atoms in total. The summed E-state index contributed by atoms with van der Waals surface area (Å²) >= 11 is 18.9. The van der Waals surface area contributed by atoms with Crippen molar-refractivity contribution in [2.45, 2.75) is 32.9 Å². The maximum atomic E-state index is 6.31. The van der Waals surface area contributed by atoms with E-state index in [4.69, 9.17) is 34.8 Å². The lowest BCUT2D eigenvalue weighted by atomic mass is 10.0. The Morgan fingerprint density at radius 3 is 2.38 bits per heavy atom. The van der Waals surface area contributed by atoms with Crippen LogP contribution in [-0.2, 0) is 13.0 Å². The molecule has 0 saturated heterocycles. The van der Waals surface area contributed by atoms with Crippen LogP contribution in [0.1, 0.15) is 31.1 Å². The van der Waals surface area contributed by atoms with Gasteiger partial charge in [-0.1, -0.05) is 47.8 Å². The summed E-state index contributed by atoms with van der Waals surface area (Å²) in [5.74, 6) is 0. The summed E-state index contributed by atoms with van der Waals surface area (Å²) in [4.78, 5) is 0. The van der Waals surface area contributed by atoms with Gasteiger partial charge in [0, 0.05) is 16.6 Å². The van der Waals surface area contributed by atoms with Crippen LogP contribution >= 0.6 is 34.8 Å². The van der Waals surface area contributed by atoms with Gasteiger partial charge in [-0.25, -0.2) is 0 Å². The molecule has 1 aromatic heterocycles. The van der Waals surface area contributed by atoms with E-state index in [0.717, 1.165) is 24.3 Å². The van der Waals surface area contributed by atoms with Crippen molar-refractivity contribution in [3.05, 3.63) is 50.7 Å². The van der Waals surface area contributed by atoms with E-state index < -0.39 is 0 Å². The average molecular weight is 347 g/mol. The Morgan fingerprint density at radius 2 is 1.81 bits per heavy atom. The summed E-state index contributed by atoms with van der Waals surface area (Å²) in [5.41, 5.74) is 1.89. The van der Waals surface area contributed by atoms with Crippen molar-refractivity contribution >= 4 is 34.8 Å². The lowest BCUT2D eigenvalue weighted by molar-refractivity contribution is 0.490. The van der Waals surface area contributed by atoms with Crippen molar-refractivity contribution in [3.8, 4) is 0 Å². The molecule has 0 fully saturated rings. The number of rotatable bonds is 6. The van der Waals surface area contributed by atoms with Crippen LogP contribution in [-0.4, -0.2) is 16.3 Å². The summed E-state index contributed by atoms with van der Waals surface area (Å²) < 4.78 is 1.90. The van der Waals surface area contributed by atoms with E-state index >= 15 is 0 Å². The normalized spacial score (nSPS) is 12.6. The van der Waals surface area contributed by atoms with Crippen LogP contribution in [0.5, 0.6) is 0 Å². The number of likely N-dealkylation sites (N-methyl/N-ethyl adjacent to an activating group) is 1. The SMILES string of the molecule is CCNC(Cc1c(Cl)cccc1Cl)c1c(Cl)cnn1CC. The second-order valence-corrected chi connectivity index (χ2v) is 5.93. The van der Waals surface area contributed by atoms with Crippen LogP contribution in [0, 0.1) is 0 Å². The molecule has 0 aliphatic rings. The van der Waals surface area contributed by atoms with E-state index in [0.29, 0.717) is 21.5 Å². The van der Waals surface area contributed by atoms with E-state index in [9.17, 15) is 0 Å². The topological polar surface area (TPSA) is 29.9 Å². The quantitative estimate of drug-likeness (QED) is 0.817. The number of aryl methyl sites for hydroxylation is 1. The summed E-state index contributed by atoms with van der Waals surface area (Å²) in [6.07, 6.45) is 2.34. The van der Waals surface area contributed by atoms with Gasteiger partial charge in [-0.2, -0.15) is 5.10 Å². The van der Waals surface area contributed by atoms with Crippen LogP contribution in [0.4, 0.5) is 0 Å². The highest BCUT2D eigenvalue weighted by atomic mass is 35.5. The predicted molar refractivity (Wildman–Crippen MR) is 89.5 cm³/mol. The summed E-state index contributed by atoms with van der Waals surface area (Å²) in [6, 6.07) is 5.57. The molecule has 2 aromatic rings. The second-order valence-electron chi connectivity index (χ2n) is 4.71. The van der Waals surface area contributed by atoms with E-state index in [1.54, 1.807) is 6.20 Å². The van der Waals surface area contributed by atoms with Crippen molar-refractivity contribution in [2.24, 2.45) is 0 Å². The molecule has 0 amide bonds. The third-order valence-corrected chi connectivity index (χ3v) is 4.38. The lowest BCUT2D eigenvalue weighted by Gasteiger charge is -2.21. The summed E-state index contributed by atoms with van der Waals surface area (Å²) in [7, 11) is 0. The van der Waals surface area contributed by atoms with Crippen LogP contribution in [0.3, 0.4) is 0 Å². The number of nitrogens with one attached hydrogen (secondary N) is 1. The molecule has 0 bridgehead atoms. The molecule has 1 atom stereocenters. The zero-order valence-corrected chi connectivity index (χ0v) is 14.3. The van der Waals surface area contributed by atoms with Gasteiger partial charge in [-0.3, -0.25) is 4.68 Å². The number of halogens is 3. The molecule has 1 aromatic carbocycles. The van der Waals surface area contributed by atoms with Crippen molar-refractivity contribution in [1.29, 1.82) is 0 Å². The zero-order valence-electron chi connectivity index (χ0n) is 12.0. The Kier molecular flexibility index (Phi) is 5.94. The first-order valence-corrected chi connectivity index (χ1v) is 8.09. The average Bonchev–Trinajstić information content (AvgIpc) is 2.83. The van der Waals surface area contributed by atoms with Crippen molar-refractivity contribution < 1.29 is 0 Å². The Labute approximate surface area is 140 Å². The minimum Gasteiger partial charge on any atom is -0.309 e. The van der Waals surface area contributed by atoms with Gasteiger partial charge in [-0.05, 0) is 37.6 Å². The first-order valence-electron chi connectivity index (χ1n) is 6.95. The molecule has 2 rings (SSSR count). The molecular formula is C15H18Cl3N3. The fraction of sp³-hybridized carbons (Fsp3) is 0.400. The standard InChI is InChI=1S/C15H18Cl3N3/c1-3-19-14(15-13(18)9-20-21(15)4-2)8-10-11(16)6-5-7-12(10)17/h5-7,9,14,19H,3-4,8H2,1-2H3. The van der Waals surface area contributed by atoms with Crippen LogP contribution < -0.4 is 5.32 Å². The van der Waals surface area contributed by atoms with Crippen molar-refractivity contribution in [1.82, 2.24) is 15.1 Å². The van der Waals surface area contributed by atoms with E-state index in [-0.39, 0.29) is 6.04 Å². The molecule has 0 aliphatic carbocycles. The molecule has 0 aliphatic heterocycles. The number of aromatic nitrogens is 2.